The number of hydrogen-bond acceptors (Lipinski definition) is 0. The Bertz CT molecular complexity index is 483. The fraction of sp³-hybridized carbons (Fsp3) is 0.125. The molecular weight excluding hydrogens is 220 g/mol. The lowest BCUT2D eigenvalue weighted by atomic mass is 10.2. The first kappa shape index (κ1) is 11.9. The molecule has 0 aromatic heterocycles. The first-order chi connectivity index (χ1) is 8.18. The lowest BCUT2D eigenvalue weighted by Gasteiger charge is -2.18. The largest absolute Gasteiger partial charge is 0.104 e. The van der Waals surface area contributed by atoms with Gasteiger partial charge < -0.3 is 0 Å². The van der Waals surface area contributed by atoms with E-state index in [1.54, 1.807) is 0 Å². The number of hydrogen-bond donors (Lipinski definition) is 0. The molecule has 0 fully saturated rings. The third-order valence-corrected chi connectivity index (χ3v) is 5.83. The molecule has 0 amide bonds. The summed E-state index contributed by atoms with van der Waals surface area (Å²) < 4.78 is 0. The molecule has 0 spiro atoms. The Hall–Kier alpha value is -1.60. The maximum Gasteiger partial charge on any atom is 0.104 e. The average Bonchev–Trinajstić information content (AvgIpc) is 2.39. The van der Waals surface area contributed by atoms with E-state index in [1.807, 2.05) is 0 Å². The highest BCUT2D eigenvalue weighted by atomic mass is 28.3. The molecule has 2 aromatic carbocycles. The Balaban J connectivity index is 2.21. The molecule has 0 nitrogen and oxygen atoms in total. The minimum Gasteiger partial charge on any atom is -0.0897 e. The summed E-state index contributed by atoms with van der Waals surface area (Å²) in [7, 11) is -1.44. The van der Waals surface area contributed by atoms with Gasteiger partial charge in [0.1, 0.15) is 8.07 Å². The first-order valence-corrected chi connectivity index (χ1v) is 9.06. The van der Waals surface area contributed by atoms with Gasteiger partial charge in [0.25, 0.3) is 0 Å². The molecule has 0 radical (unpaired) electrons. The van der Waals surface area contributed by atoms with Crippen LogP contribution in [0.1, 0.15) is 5.56 Å². The molecule has 0 aliphatic heterocycles. The van der Waals surface area contributed by atoms with Crippen molar-refractivity contribution in [3.8, 4) is 0 Å². The van der Waals surface area contributed by atoms with Gasteiger partial charge in [0.15, 0.2) is 0 Å². The molecule has 0 saturated carbocycles. The Labute approximate surface area is 105 Å². The molecule has 2 rings (SSSR count). The zero-order valence-electron chi connectivity index (χ0n) is 10.4. The second kappa shape index (κ2) is 5.15. The lowest BCUT2D eigenvalue weighted by molar-refractivity contribution is 1.66. The van der Waals surface area contributed by atoms with Crippen LogP contribution in [0.15, 0.2) is 66.4 Å². The molecular formula is C16H18Si. The van der Waals surface area contributed by atoms with E-state index in [0.29, 0.717) is 0 Å². The summed E-state index contributed by atoms with van der Waals surface area (Å²) in [5.74, 6) is 0. The van der Waals surface area contributed by atoms with Gasteiger partial charge in [-0.15, -0.1) is 0 Å². The van der Waals surface area contributed by atoms with Gasteiger partial charge in [-0.2, -0.15) is 0 Å². The molecule has 0 saturated heterocycles. The number of benzene rings is 2. The number of rotatable bonds is 3. The van der Waals surface area contributed by atoms with Crippen LogP contribution in [0.25, 0.3) is 6.08 Å². The normalized spacial score (nSPS) is 11.9. The summed E-state index contributed by atoms with van der Waals surface area (Å²) in [6, 6.07) is 21.3. The molecule has 0 aliphatic rings. The summed E-state index contributed by atoms with van der Waals surface area (Å²) >= 11 is 0. The SMILES string of the molecule is C[Si](C)(C=Cc1ccccc1)c1ccccc1. The molecule has 1 heteroatoms. The van der Waals surface area contributed by atoms with Gasteiger partial charge in [0, 0.05) is 0 Å². The van der Waals surface area contributed by atoms with Crippen LogP contribution in [0.3, 0.4) is 0 Å². The van der Waals surface area contributed by atoms with Crippen LogP contribution in [-0.2, 0) is 0 Å². The van der Waals surface area contributed by atoms with E-state index in [1.165, 1.54) is 10.8 Å². The highest BCUT2D eigenvalue weighted by Gasteiger charge is 2.18. The summed E-state index contributed by atoms with van der Waals surface area (Å²) in [6.07, 6.45) is 2.25. The molecule has 0 N–H and O–H groups in total. The predicted molar refractivity (Wildman–Crippen MR) is 79.0 cm³/mol. The van der Waals surface area contributed by atoms with Crippen molar-refractivity contribution in [1.29, 1.82) is 0 Å². The monoisotopic (exact) mass is 238 g/mol. The third-order valence-electron chi connectivity index (χ3n) is 3.01. The van der Waals surface area contributed by atoms with E-state index >= 15 is 0 Å². The topological polar surface area (TPSA) is 0 Å². The van der Waals surface area contributed by atoms with Crippen molar-refractivity contribution in [2.75, 3.05) is 0 Å². The summed E-state index contributed by atoms with van der Waals surface area (Å²) in [6.45, 7) is 4.75. The van der Waals surface area contributed by atoms with Crippen LogP contribution in [0, 0.1) is 0 Å². The van der Waals surface area contributed by atoms with Gasteiger partial charge in [-0.3, -0.25) is 0 Å². The maximum absolute atomic E-state index is 2.40. The molecule has 86 valence electrons. The molecule has 17 heavy (non-hydrogen) atoms. The van der Waals surface area contributed by atoms with Gasteiger partial charge in [0.2, 0.25) is 0 Å². The van der Waals surface area contributed by atoms with E-state index in [2.05, 4.69) is 85.5 Å². The molecule has 0 heterocycles. The molecule has 0 unspecified atom stereocenters. The molecule has 0 aliphatic carbocycles. The van der Waals surface area contributed by atoms with Crippen LogP contribution in [0.2, 0.25) is 13.1 Å². The first-order valence-electron chi connectivity index (χ1n) is 5.98. The van der Waals surface area contributed by atoms with Crippen LogP contribution in [0.4, 0.5) is 0 Å². The zero-order chi connectivity index (χ0) is 12.1. The van der Waals surface area contributed by atoms with Gasteiger partial charge in [0.05, 0.1) is 0 Å². The zero-order valence-corrected chi connectivity index (χ0v) is 11.4. The van der Waals surface area contributed by atoms with Crippen LogP contribution >= 0.6 is 0 Å². The Morgan fingerprint density at radius 3 is 1.88 bits per heavy atom. The Morgan fingerprint density at radius 1 is 0.765 bits per heavy atom. The summed E-state index contributed by atoms with van der Waals surface area (Å²) in [4.78, 5) is 0. The standard InChI is InChI=1S/C16H18Si/c1-17(2,16-11-7-4-8-12-16)14-13-15-9-5-3-6-10-15/h3-14H,1-2H3. The van der Waals surface area contributed by atoms with Crippen molar-refractivity contribution in [2.24, 2.45) is 0 Å². The highest BCUT2D eigenvalue weighted by molar-refractivity contribution is 6.94. The van der Waals surface area contributed by atoms with Gasteiger partial charge in [-0.1, -0.05) is 90.7 Å². The van der Waals surface area contributed by atoms with E-state index in [4.69, 9.17) is 0 Å². The quantitative estimate of drug-likeness (QED) is 0.712. The fourth-order valence-electron chi connectivity index (χ4n) is 1.83. The van der Waals surface area contributed by atoms with Crippen molar-refractivity contribution in [3.05, 3.63) is 71.9 Å². The average molecular weight is 238 g/mol. The minimum atomic E-state index is -1.44. The van der Waals surface area contributed by atoms with Crippen molar-refractivity contribution in [1.82, 2.24) is 0 Å². The smallest absolute Gasteiger partial charge is 0.0897 e. The molecule has 2 aromatic rings. The van der Waals surface area contributed by atoms with Crippen molar-refractivity contribution in [3.63, 3.8) is 0 Å². The van der Waals surface area contributed by atoms with Gasteiger partial charge in [-0.25, -0.2) is 0 Å². The van der Waals surface area contributed by atoms with Crippen molar-refractivity contribution >= 4 is 19.3 Å². The molecule has 0 atom stereocenters. The lowest BCUT2D eigenvalue weighted by Crippen LogP contribution is -2.39. The second-order valence-corrected chi connectivity index (χ2v) is 9.19. The highest BCUT2D eigenvalue weighted by Crippen LogP contribution is 2.09. The fourth-order valence-corrected chi connectivity index (χ4v) is 3.69. The van der Waals surface area contributed by atoms with E-state index < -0.39 is 8.07 Å². The van der Waals surface area contributed by atoms with Crippen molar-refractivity contribution < 1.29 is 0 Å². The van der Waals surface area contributed by atoms with Gasteiger partial charge in [-0.05, 0) is 5.56 Å². The second-order valence-electron chi connectivity index (χ2n) is 4.83. The summed E-state index contributed by atoms with van der Waals surface area (Å²) in [5, 5.41) is 1.48. The minimum absolute atomic E-state index is 1.28. The van der Waals surface area contributed by atoms with E-state index in [0.717, 1.165) is 0 Å². The predicted octanol–water partition coefficient (Wildman–Crippen LogP) is 3.85. The Morgan fingerprint density at radius 2 is 1.29 bits per heavy atom. The van der Waals surface area contributed by atoms with Crippen LogP contribution in [-0.4, -0.2) is 8.07 Å². The van der Waals surface area contributed by atoms with Crippen molar-refractivity contribution in [2.45, 2.75) is 13.1 Å². The summed E-state index contributed by atoms with van der Waals surface area (Å²) in [5.41, 5.74) is 3.68. The van der Waals surface area contributed by atoms with Crippen LogP contribution < -0.4 is 5.19 Å². The molecule has 0 bridgehead atoms. The third kappa shape index (κ3) is 3.18. The Kier molecular flexibility index (Phi) is 3.60. The van der Waals surface area contributed by atoms with E-state index in [-0.39, 0.29) is 0 Å². The van der Waals surface area contributed by atoms with Gasteiger partial charge >= 0.3 is 0 Å². The van der Waals surface area contributed by atoms with Crippen LogP contribution in [0.5, 0.6) is 0 Å². The van der Waals surface area contributed by atoms with E-state index in [9.17, 15) is 0 Å². The maximum atomic E-state index is 2.40.